The largest absolute Gasteiger partial charge is 0.493 e. The number of ether oxygens (including phenoxy) is 1. The molecule has 0 bridgehead atoms. The first-order valence-electron chi connectivity index (χ1n) is 8.22. The van der Waals surface area contributed by atoms with Crippen molar-refractivity contribution in [2.75, 3.05) is 20.8 Å². The van der Waals surface area contributed by atoms with Gasteiger partial charge in [0, 0.05) is 19.5 Å². The summed E-state index contributed by atoms with van der Waals surface area (Å²) in [6.45, 7) is 2.66. The van der Waals surface area contributed by atoms with E-state index in [4.69, 9.17) is 13.8 Å². The fourth-order valence-corrected chi connectivity index (χ4v) is 4.04. The molecule has 4 nitrogen and oxygen atoms in total. The number of hydrogen-bond donors (Lipinski definition) is 0. The summed E-state index contributed by atoms with van der Waals surface area (Å²) in [5.74, 6) is 0.543. The highest BCUT2D eigenvalue weighted by Crippen LogP contribution is 2.48. The summed E-state index contributed by atoms with van der Waals surface area (Å²) in [7, 11) is -0.642. The lowest BCUT2D eigenvalue weighted by Gasteiger charge is -2.19. The molecule has 0 amide bonds. The SMILES string of the molecule is CCCCOc1ccc(-c2ccc(CBr)cc2)cc1P(=O)(OC)OC. The zero-order valence-corrected chi connectivity index (χ0v) is 17.3. The van der Waals surface area contributed by atoms with Crippen LogP contribution < -0.4 is 10.0 Å². The second-order valence-electron chi connectivity index (χ2n) is 5.58. The van der Waals surface area contributed by atoms with Gasteiger partial charge in [-0.25, -0.2) is 0 Å². The molecule has 136 valence electrons. The molecule has 2 rings (SSSR count). The molecule has 2 aromatic carbocycles. The summed E-state index contributed by atoms with van der Waals surface area (Å²) in [5.41, 5.74) is 3.17. The quantitative estimate of drug-likeness (QED) is 0.300. The second-order valence-corrected chi connectivity index (χ2v) is 8.35. The lowest BCUT2D eigenvalue weighted by Crippen LogP contribution is -2.13. The van der Waals surface area contributed by atoms with Crippen LogP contribution in [-0.2, 0) is 18.9 Å². The number of hydrogen-bond acceptors (Lipinski definition) is 4. The summed E-state index contributed by atoms with van der Waals surface area (Å²) < 4.78 is 29.2. The number of alkyl halides is 1. The molecule has 0 N–H and O–H groups in total. The van der Waals surface area contributed by atoms with Gasteiger partial charge in [0.15, 0.2) is 0 Å². The Kier molecular flexibility index (Phi) is 7.70. The molecule has 0 spiro atoms. The first-order chi connectivity index (χ1) is 12.1. The fraction of sp³-hybridized carbons (Fsp3) is 0.368. The van der Waals surface area contributed by atoms with Crippen molar-refractivity contribution in [3.05, 3.63) is 48.0 Å². The van der Waals surface area contributed by atoms with E-state index in [0.29, 0.717) is 17.7 Å². The van der Waals surface area contributed by atoms with Gasteiger partial charge in [-0.3, -0.25) is 4.57 Å². The van der Waals surface area contributed by atoms with Gasteiger partial charge >= 0.3 is 7.60 Å². The first kappa shape index (κ1) is 20.2. The molecule has 0 saturated carbocycles. The van der Waals surface area contributed by atoms with Crippen molar-refractivity contribution in [3.8, 4) is 16.9 Å². The van der Waals surface area contributed by atoms with Crippen molar-refractivity contribution in [2.24, 2.45) is 0 Å². The molecule has 0 aliphatic rings. The molecule has 0 fully saturated rings. The molecule has 0 heterocycles. The van der Waals surface area contributed by atoms with Crippen molar-refractivity contribution in [1.82, 2.24) is 0 Å². The molecule has 0 atom stereocenters. The summed E-state index contributed by atoms with van der Waals surface area (Å²) >= 11 is 3.45. The van der Waals surface area contributed by atoms with Crippen LogP contribution in [0.3, 0.4) is 0 Å². The van der Waals surface area contributed by atoms with Crippen molar-refractivity contribution >= 4 is 28.8 Å². The van der Waals surface area contributed by atoms with Gasteiger partial charge in [-0.1, -0.05) is 59.6 Å². The van der Waals surface area contributed by atoms with Crippen LogP contribution in [0.15, 0.2) is 42.5 Å². The minimum atomic E-state index is -3.41. The molecule has 0 aliphatic carbocycles. The molecular weight excluding hydrogens is 403 g/mol. The normalized spacial score (nSPS) is 11.5. The van der Waals surface area contributed by atoms with E-state index in [1.165, 1.54) is 19.8 Å². The highest BCUT2D eigenvalue weighted by Gasteiger charge is 2.29. The van der Waals surface area contributed by atoms with Gasteiger partial charge in [0.2, 0.25) is 0 Å². The van der Waals surface area contributed by atoms with E-state index in [-0.39, 0.29) is 0 Å². The van der Waals surface area contributed by atoms with Crippen molar-refractivity contribution < 1.29 is 18.3 Å². The number of benzene rings is 2. The van der Waals surface area contributed by atoms with Crippen LogP contribution in [0.4, 0.5) is 0 Å². The Morgan fingerprint density at radius 1 is 1.00 bits per heavy atom. The van der Waals surface area contributed by atoms with Gasteiger partial charge in [-0.15, -0.1) is 0 Å². The average molecular weight is 427 g/mol. The summed E-state index contributed by atoms with van der Waals surface area (Å²) in [5, 5.41) is 1.27. The Hall–Kier alpha value is -1.13. The van der Waals surface area contributed by atoms with Gasteiger partial charge < -0.3 is 13.8 Å². The zero-order chi connectivity index (χ0) is 18.3. The molecule has 0 aliphatic heterocycles. The smallest absolute Gasteiger partial charge is 0.364 e. The maximum atomic E-state index is 13.0. The molecule has 0 unspecified atom stereocenters. The van der Waals surface area contributed by atoms with Crippen molar-refractivity contribution in [1.29, 1.82) is 0 Å². The van der Waals surface area contributed by atoms with Gasteiger partial charge in [0.05, 0.1) is 6.61 Å². The van der Waals surface area contributed by atoms with Crippen LogP contribution in [0.2, 0.25) is 0 Å². The monoisotopic (exact) mass is 426 g/mol. The standard InChI is InChI=1S/C19H24BrO4P/c1-4-5-12-24-18-11-10-17(13-19(18)25(21,22-2)23-3)16-8-6-15(14-20)7-9-16/h6-11,13H,4-5,12,14H2,1-3H3. The predicted octanol–water partition coefficient (Wildman–Crippen LogP) is 5.54. The van der Waals surface area contributed by atoms with Crippen LogP contribution in [0.25, 0.3) is 11.1 Å². The molecule has 0 aromatic heterocycles. The Morgan fingerprint density at radius 3 is 2.20 bits per heavy atom. The maximum absolute atomic E-state index is 13.0. The van der Waals surface area contributed by atoms with Crippen LogP contribution in [0.1, 0.15) is 25.3 Å². The lowest BCUT2D eigenvalue weighted by atomic mass is 10.0. The summed E-state index contributed by atoms with van der Waals surface area (Å²) in [4.78, 5) is 0. The van der Waals surface area contributed by atoms with Gasteiger partial charge in [0.1, 0.15) is 11.1 Å². The zero-order valence-electron chi connectivity index (χ0n) is 14.8. The Morgan fingerprint density at radius 2 is 1.64 bits per heavy atom. The van der Waals surface area contributed by atoms with Crippen LogP contribution in [-0.4, -0.2) is 20.8 Å². The minimum Gasteiger partial charge on any atom is -0.493 e. The van der Waals surface area contributed by atoms with E-state index >= 15 is 0 Å². The van der Waals surface area contributed by atoms with Gasteiger partial charge in [-0.05, 0) is 35.2 Å². The maximum Gasteiger partial charge on any atom is 0.364 e. The number of halogens is 1. The third kappa shape index (κ3) is 4.95. The van der Waals surface area contributed by atoms with E-state index in [1.54, 1.807) is 0 Å². The first-order valence-corrected chi connectivity index (χ1v) is 10.9. The van der Waals surface area contributed by atoms with E-state index in [9.17, 15) is 4.57 Å². The Balaban J connectivity index is 2.44. The third-order valence-corrected chi connectivity index (χ3v) is 6.48. The minimum absolute atomic E-state index is 0.454. The van der Waals surface area contributed by atoms with Crippen LogP contribution in [0.5, 0.6) is 5.75 Å². The third-order valence-electron chi connectivity index (χ3n) is 3.93. The van der Waals surface area contributed by atoms with Crippen molar-refractivity contribution in [3.63, 3.8) is 0 Å². The van der Waals surface area contributed by atoms with Gasteiger partial charge in [0.25, 0.3) is 0 Å². The topological polar surface area (TPSA) is 44.8 Å². The Labute approximate surface area is 158 Å². The summed E-state index contributed by atoms with van der Waals surface area (Å²) in [6, 6.07) is 13.8. The predicted molar refractivity (Wildman–Crippen MR) is 106 cm³/mol. The fourth-order valence-electron chi connectivity index (χ4n) is 2.42. The van der Waals surface area contributed by atoms with Crippen LogP contribution in [0, 0.1) is 0 Å². The molecule has 0 saturated heterocycles. The average Bonchev–Trinajstić information content (AvgIpc) is 2.68. The lowest BCUT2D eigenvalue weighted by molar-refractivity contribution is 0.282. The van der Waals surface area contributed by atoms with E-state index in [1.807, 2.05) is 30.3 Å². The highest BCUT2D eigenvalue weighted by atomic mass is 79.9. The molecular formula is C19H24BrO4P. The Bertz CT molecular complexity index is 723. The summed E-state index contributed by atoms with van der Waals surface area (Å²) in [6.07, 6.45) is 1.96. The van der Waals surface area contributed by atoms with E-state index in [0.717, 1.165) is 29.3 Å². The number of rotatable bonds is 9. The van der Waals surface area contributed by atoms with Gasteiger partial charge in [-0.2, -0.15) is 0 Å². The van der Waals surface area contributed by atoms with E-state index < -0.39 is 7.60 Å². The molecule has 6 heteroatoms. The number of unbranched alkanes of at least 4 members (excludes halogenated alkanes) is 1. The van der Waals surface area contributed by atoms with Crippen molar-refractivity contribution in [2.45, 2.75) is 25.1 Å². The highest BCUT2D eigenvalue weighted by molar-refractivity contribution is 9.08. The molecule has 0 radical (unpaired) electrons. The molecule has 25 heavy (non-hydrogen) atoms. The van der Waals surface area contributed by atoms with Crippen LogP contribution >= 0.6 is 23.5 Å². The molecule has 2 aromatic rings. The van der Waals surface area contributed by atoms with E-state index in [2.05, 4.69) is 35.0 Å². The second kappa shape index (κ2) is 9.54.